The van der Waals surface area contributed by atoms with Crippen molar-refractivity contribution in [2.75, 3.05) is 13.2 Å². The number of hydrogen-bond donors (Lipinski definition) is 0. The van der Waals surface area contributed by atoms with E-state index in [1.807, 2.05) is 37.3 Å². The summed E-state index contributed by atoms with van der Waals surface area (Å²) < 4.78 is 6.85. The van der Waals surface area contributed by atoms with Crippen LogP contribution in [-0.4, -0.2) is 46.3 Å². The molecule has 0 radical (unpaired) electrons. The van der Waals surface area contributed by atoms with Crippen molar-refractivity contribution in [1.82, 2.24) is 9.47 Å². The largest absolute Gasteiger partial charge is 0.461 e. The molecule has 0 spiro atoms. The number of Topliss-reactive ketones (excluding diaryl/α,β-unsaturated/α-hetero) is 1. The van der Waals surface area contributed by atoms with Gasteiger partial charge in [-0.15, -0.1) is 6.58 Å². The highest BCUT2D eigenvalue weighted by molar-refractivity contribution is 6.06. The number of carbonyl (C=O) groups is 3. The summed E-state index contributed by atoms with van der Waals surface area (Å²) in [7, 11) is 1.74. The molecule has 6 nitrogen and oxygen atoms in total. The fourth-order valence-electron chi connectivity index (χ4n) is 4.20. The molecular formula is C26H34N2O4. The van der Waals surface area contributed by atoms with E-state index in [0.717, 1.165) is 5.56 Å². The minimum atomic E-state index is -0.715. The van der Waals surface area contributed by atoms with E-state index in [0.29, 0.717) is 28.9 Å². The second-order valence-electron chi connectivity index (χ2n) is 7.90. The molecule has 0 aliphatic rings. The number of aromatic nitrogens is 1. The van der Waals surface area contributed by atoms with Gasteiger partial charge in [0, 0.05) is 24.8 Å². The lowest BCUT2D eigenvalue weighted by atomic mass is 9.93. The molecule has 0 fully saturated rings. The van der Waals surface area contributed by atoms with Crippen LogP contribution in [0.3, 0.4) is 0 Å². The highest BCUT2D eigenvalue weighted by atomic mass is 16.5. The molecule has 0 bridgehead atoms. The molecule has 0 aliphatic carbocycles. The molecule has 0 aliphatic heterocycles. The molecule has 2 aromatic rings. The minimum Gasteiger partial charge on any atom is -0.461 e. The average molecular weight is 439 g/mol. The number of ketones is 1. The molecule has 2 unspecified atom stereocenters. The molecule has 1 aromatic carbocycles. The van der Waals surface area contributed by atoms with Crippen LogP contribution in [-0.2, 0) is 16.6 Å². The second-order valence-corrected chi connectivity index (χ2v) is 7.90. The van der Waals surface area contributed by atoms with Crippen molar-refractivity contribution in [2.24, 2.45) is 7.05 Å². The predicted molar refractivity (Wildman–Crippen MR) is 126 cm³/mol. The Morgan fingerprint density at radius 2 is 1.78 bits per heavy atom. The molecular weight excluding hydrogens is 404 g/mol. The van der Waals surface area contributed by atoms with E-state index < -0.39 is 12.0 Å². The minimum absolute atomic E-state index is 0.115. The zero-order chi connectivity index (χ0) is 24.0. The molecule has 1 amide bonds. The van der Waals surface area contributed by atoms with E-state index in [1.54, 1.807) is 50.3 Å². The lowest BCUT2D eigenvalue weighted by molar-refractivity contribution is -0.133. The van der Waals surface area contributed by atoms with Crippen molar-refractivity contribution in [2.45, 2.75) is 53.0 Å². The molecule has 0 saturated carbocycles. The van der Waals surface area contributed by atoms with Crippen LogP contribution in [0.5, 0.6) is 0 Å². The number of hydrogen-bond acceptors (Lipinski definition) is 4. The summed E-state index contributed by atoms with van der Waals surface area (Å²) in [6, 6.07) is 8.88. The molecule has 0 N–H and O–H groups in total. The van der Waals surface area contributed by atoms with Gasteiger partial charge < -0.3 is 14.2 Å². The number of benzene rings is 1. The molecule has 1 aromatic heterocycles. The first kappa shape index (κ1) is 25.1. The van der Waals surface area contributed by atoms with E-state index in [1.165, 1.54) is 0 Å². The van der Waals surface area contributed by atoms with E-state index in [-0.39, 0.29) is 30.8 Å². The van der Waals surface area contributed by atoms with Gasteiger partial charge in [-0.1, -0.05) is 43.3 Å². The van der Waals surface area contributed by atoms with E-state index in [4.69, 9.17) is 4.74 Å². The Kier molecular flexibility index (Phi) is 8.58. The van der Waals surface area contributed by atoms with E-state index in [2.05, 4.69) is 6.58 Å². The Morgan fingerprint density at radius 3 is 2.31 bits per heavy atom. The molecule has 0 saturated heterocycles. The normalized spacial score (nSPS) is 12.7. The van der Waals surface area contributed by atoms with Gasteiger partial charge in [-0.3, -0.25) is 9.59 Å². The van der Waals surface area contributed by atoms with Crippen molar-refractivity contribution in [3.8, 4) is 0 Å². The van der Waals surface area contributed by atoms with Crippen LogP contribution in [0.15, 0.2) is 43.0 Å². The maximum Gasteiger partial charge on any atom is 0.355 e. The maximum absolute atomic E-state index is 13.6. The number of ether oxygens (including phenoxy) is 1. The van der Waals surface area contributed by atoms with Crippen molar-refractivity contribution in [3.63, 3.8) is 0 Å². The molecule has 2 rings (SSSR count). The van der Waals surface area contributed by atoms with Crippen LogP contribution in [0.4, 0.5) is 0 Å². The zero-order valence-electron chi connectivity index (χ0n) is 20.0. The van der Waals surface area contributed by atoms with Crippen molar-refractivity contribution >= 4 is 17.7 Å². The number of nitrogens with zero attached hydrogens (tertiary/aromatic N) is 2. The molecule has 32 heavy (non-hydrogen) atoms. The van der Waals surface area contributed by atoms with Gasteiger partial charge in [0.1, 0.15) is 5.69 Å². The third-order valence-corrected chi connectivity index (χ3v) is 6.01. The smallest absolute Gasteiger partial charge is 0.355 e. The Hall–Kier alpha value is -3.15. The fraction of sp³-hybridized carbons (Fsp3) is 0.423. The summed E-state index contributed by atoms with van der Waals surface area (Å²) in [5, 5.41) is 0. The lowest BCUT2D eigenvalue weighted by Gasteiger charge is -2.31. The van der Waals surface area contributed by atoms with Gasteiger partial charge in [0.2, 0.25) is 5.91 Å². The van der Waals surface area contributed by atoms with E-state index in [9.17, 15) is 14.4 Å². The molecule has 2 atom stereocenters. The topological polar surface area (TPSA) is 68.6 Å². The summed E-state index contributed by atoms with van der Waals surface area (Å²) in [6.07, 6.45) is 2.25. The monoisotopic (exact) mass is 438 g/mol. The third kappa shape index (κ3) is 4.85. The van der Waals surface area contributed by atoms with Crippen LogP contribution in [0, 0.1) is 13.8 Å². The van der Waals surface area contributed by atoms with Crippen LogP contribution < -0.4 is 0 Å². The van der Waals surface area contributed by atoms with Gasteiger partial charge in [-0.2, -0.15) is 0 Å². The number of carbonyl (C=O) groups excluding carboxylic acids is 3. The zero-order valence-corrected chi connectivity index (χ0v) is 20.0. The van der Waals surface area contributed by atoms with Crippen molar-refractivity contribution < 1.29 is 19.1 Å². The van der Waals surface area contributed by atoms with Gasteiger partial charge in [0.15, 0.2) is 5.78 Å². The highest BCUT2D eigenvalue weighted by Gasteiger charge is 2.34. The Balaban J connectivity index is 2.44. The van der Waals surface area contributed by atoms with Gasteiger partial charge in [0.05, 0.1) is 18.6 Å². The van der Waals surface area contributed by atoms with E-state index >= 15 is 0 Å². The Bertz CT molecular complexity index is 991. The van der Waals surface area contributed by atoms with Gasteiger partial charge >= 0.3 is 5.97 Å². The molecule has 6 heteroatoms. The van der Waals surface area contributed by atoms with Crippen LogP contribution in [0.1, 0.15) is 70.8 Å². The van der Waals surface area contributed by atoms with Gasteiger partial charge in [0.25, 0.3) is 0 Å². The van der Waals surface area contributed by atoms with Gasteiger partial charge in [-0.25, -0.2) is 4.79 Å². The third-order valence-electron chi connectivity index (χ3n) is 6.01. The van der Waals surface area contributed by atoms with Crippen LogP contribution >= 0.6 is 0 Å². The maximum atomic E-state index is 13.6. The summed E-state index contributed by atoms with van der Waals surface area (Å²) in [5.74, 6) is -1.13. The van der Waals surface area contributed by atoms with Crippen molar-refractivity contribution in [3.05, 3.63) is 71.1 Å². The first-order valence-electron chi connectivity index (χ1n) is 11.0. The Morgan fingerprint density at radius 1 is 1.16 bits per heavy atom. The average Bonchev–Trinajstić information content (AvgIpc) is 3.00. The second kappa shape index (κ2) is 10.9. The van der Waals surface area contributed by atoms with Gasteiger partial charge in [-0.05, 0) is 45.2 Å². The summed E-state index contributed by atoms with van der Waals surface area (Å²) in [6.45, 7) is 13.3. The number of rotatable bonds is 10. The van der Waals surface area contributed by atoms with Crippen LogP contribution in [0.25, 0.3) is 0 Å². The predicted octanol–water partition coefficient (Wildman–Crippen LogP) is 4.60. The number of esters is 1. The van der Waals surface area contributed by atoms with Crippen LogP contribution in [0.2, 0.25) is 0 Å². The first-order valence-corrected chi connectivity index (χ1v) is 11.0. The molecule has 172 valence electrons. The lowest BCUT2D eigenvalue weighted by Crippen LogP contribution is -2.45. The summed E-state index contributed by atoms with van der Waals surface area (Å²) in [5.41, 5.74) is 2.98. The number of amides is 1. The summed E-state index contributed by atoms with van der Waals surface area (Å²) >= 11 is 0. The SMILES string of the molecule is C=CCN(C(=O)C(CC)c1ccccc1)C(C)C(=O)c1c(C)c(C(=O)OCC)n(C)c1C. The Labute approximate surface area is 190 Å². The quantitative estimate of drug-likeness (QED) is 0.309. The molecule has 1 heterocycles. The fourth-order valence-corrected chi connectivity index (χ4v) is 4.20. The van der Waals surface area contributed by atoms with Crippen molar-refractivity contribution in [1.29, 1.82) is 0 Å². The standard InChI is InChI=1S/C26H34N2O4/c1-8-16-28(25(30)21(9-2)20-14-12-11-13-15-20)19(6)24(29)22-17(4)23(26(31)32-10-3)27(7)18(22)5/h8,11-15,19,21H,1,9-10,16H2,2-7H3. The summed E-state index contributed by atoms with van der Waals surface area (Å²) in [4.78, 5) is 41.1. The first-order chi connectivity index (χ1) is 15.2. The highest BCUT2D eigenvalue weighted by Crippen LogP contribution is 2.27.